The predicted octanol–water partition coefficient (Wildman–Crippen LogP) is 1.54. The van der Waals surface area contributed by atoms with Crippen LogP contribution in [0.2, 0.25) is 0 Å². The number of fused-ring (bicyclic) bond motifs is 1. The highest BCUT2D eigenvalue weighted by Gasteiger charge is 2.29. The number of amides is 1. The Balaban J connectivity index is 2.02. The molecule has 0 spiro atoms. The first-order valence-corrected chi connectivity index (χ1v) is 6.01. The van der Waals surface area contributed by atoms with Gasteiger partial charge in [0.05, 0.1) is 5.56 Å². The van der Waals surface area contributed by atoms with Crippen molar-refractivity contribution >= 4 is 17.4 Å². The van der Waals surface area contributed by atoms with Crippen LogP contribution in [0, 0.1) is 0 Å². The fraction of sp³-hybridized carbons (Fsp3) is 0.143. The molecule has 1 atom stereocenters. The maximum atomic E-state index is 12.1. The van der Waals surface area contributed by atoms with Gasteiger partial charge in [-0.1, -0.05) is 12.1 Å². The average molecular weight is 254 g/mol. The van der Waals surface area contributed by atoms with Gasteiger partial charge < -0.3 is 16.0 Å². The number of hydrogen-bond acceptors (Lipinski definition) is 4. The minimum absolute atomic E-state index is 0.108. The molecule has 0 bridgehead atoms. The molecule has 19 heavy (non-hydrogen) atoms. The summed E-state index contributed by atoms with van der Waals surface area (Å²) in [5.41, 5.74) is 7.95. The molecule has 3 N–H and O–H groups in total. The number of nitrogens with zero attached hydrogens (tertiary/aromatic N) is 2. The van der Waals surface area contributed by atoms with Crippen LogP contribution in [0.1, 0.15) is 22.1 Å². The Morgan fingerprint density at radius 1 is 1.26 bits per heavy atom. The summed E-state index contributed by atoms with van der Waals surface area (Å²) in [6.45, 7) is 0. The van der Waals surface area contributed by atoms with E-state index < -0.39 is 0 Å². The van der Waals surface area contributed by atoms with E-state index in [1.807, 2.05) is 36.2 Å². The Labute approximate surface area is 111 Å². The zero-order chi connectivity index (χ0) is 13.4. The molecule has 1 aliphatic rings. The van der Waals surface area contributed by atoms with E-state index in [4.69, 9.17) is 5.73 Å². The van der Waals surface area contributed by atoms with E-state index >= 15 is 0 Å². The molecule has 1 aliphatic heterocycles. The normalized spacial score (nSPS) is 17.8. The van der Waals surface area contributed by atoms with Crippen LogP contribution in [-0.2, 0) is 0 Å². The fourth-order valence-corrected chi connectivity index (χ4v) is 2.26. The highest BCUT2D eigenvalue weighted by atomic mass is 16.2. The smallest absolute Gasteiger partial charge is 0.256 e. The molecule has 2 aromatic rings. The number of carbonyl (C=O) groups excluding carboxylic acids is 1. The molecule has 1 amide bonds. The van der Waals surface area contributed by atoms with Crippen molar-refractivity contribution in [2.45, 2.75) is 6.17 Å². The van der Waals surface area contributed by atoms with Gasteiger partial charge >= 0.3 is 0 Å². The number of hydrogen-bond donors (Lipinski definition) is 2. The molecule has 0 unspecified atom stereocenters. The van der Waals surface area contributed by atoms with Gasteiger partial charge in [-0.05, 0) is 29.8 Å². The SMILES string of the molecule is CN1c2ncccc2C(=O)N[C@H]1c1ccc(N)cc1. The summed E-state index contributed by atoms with van der Waals surface area (Å²) in [5.74, 6) is 0.580. The second kappa shape index (κ2) is 4.28. The molecule has 1 aromatic carbocycles. The molecule has 96 valence electrons. The molecule has 5 nitrogen and oxygen atoms in total. The van der Waals surface area contributed by atoms with E-state index in [1.54, 1.807) is 18.3 Å². The maximum Gasteiger partial charge on any atom is 0.256 e. The van der Waals surface area contributed by atoms with Crippen molar-refractivity contribution < 1.29 is 4.79 Å². The predicted molar refractivity (Wildman–Crippen MR) is 73.7 cm³/mol. The first-order valence-electron chi connectivity index (χ1n) is 6.01. The van der Waals surface area contributed by atoms with Gasteiger partial charge in [0.15, 0.2) is 0 Å². The number of anilines is 2. The summed E-state index contributed by atoms with van der Waals surface area (Å²) >= 11 is 0. The molecule has 0 radical (unpaired) electrons. The van der Waals surface area contributed by atoms with Gasteiger partial charge in [0.1, 0.15) is 12.0 Å². The molecule has 1 aromatic heterocycles. The molecule has 3 rings (SSSR count). The number of nitrogen functional groups attached to an aromatic ring is 1. The lowest BCUT2D eigenvalue weighted by Crippen LogP contribution is -2.45. The quantitative estimate of drug-likeness (QED) is 0.757. The summed E-state index contributed by atoms with van der Waals surface area (Å²) in [6.07, 6.45) is 1.46. The largest absolute Gasteiger partial charge is 0.399 e. The van der Waals surface area contributed by atoms with Crippen molar-refractivity contribution in [2.75, 3.05) is 17.7 Å². The summed E-state index contributed by atoms with van der Waals surface area (Å²) in [7, 11) is 1.91. The Kier molecular flexibility index (Phi) is 2.59. The van der Waals surface area contributed by atoms with E-state index in [1.165, 1.54) is 0 Å². The van der Waals surface area contributed by atoms with E-state index in [0.717, 1.165) is 5.56 Å². The van der Waals surface area contributed by atoms with Gasteiger partial charge in [-0.3, -0.25) is 4.79 Å². The lowest BCUT2D eigenvalue weighted by atomic mass is 10.1. The number of aromatic nitrogens is 1. The Morgan fingerprint density at radius 3 is 2.74 bits per heavy atom. The first-order chi connectivity index (χ1) is 9.16. The van der Waals surface area contributed by atoms with E-state index in [-0.39, 0.29) is 12.1 Å². The number of nitrogens with one attached hydrogen (secondary N) is 1. The molecule has 0 saturated heterocycles. The van der Waals surface area contributed by atoms with Gasteiger partial charge in [0, 0.05) is 18.9 Å². The minimum Gasteiger partial charge on any atom is -0.399 e. The number of nitrogens with two attached hydrogens (primary N) is 1. The Bertz CT molecular complexity index is 624. The van der Waals surface area contributed by atoms with Crippen molar-refractivity contribution in [2.24, 2.45) is 0 Å². The fourth-order valence-electron chi connectivity index (χ4n) is 2.26. The topological polar surface area (TPSA) is 71.2 Å². The summed E-state index contributed by atoms with van der Waals surface area (Å²) < 4.78 is 0. The van der Waals surface area contributed by atoms with Crippen LogP contribution in [0.25, 0.3) is 0 Å². The van der Waals surface area contributed by atoms with Gasteiger partial charge in [0.2, 0.25) is 0 Å². The van der Waals surface area contributed by atoms with Crippen molar-refractivity contribution in [3.8, 4) is 0 Å². The number of carbonyl (C=O) groups is 1. The summed E-state index contributed by atoms with van der Waals surface area (Å²) in [6, 6.07) is 11.0. The Hall–Kier alpha value is -2.56. The zero-order valence-corrected chi connectivity index (χ0v) is 10.5. The number of pyridine rings is 1. The maximum absolute atomic E-state index is 12.1. The molecule has 0 aliphatic carbocycles. The van der Waals surface area contributed by atoms with Crippen LogP contribution in [0.4, 0.5) is 11.5 Å². The van der Waals surface area contributed by atoms with Crippen molar-refractivity contribution in [3.05, 3.63) is 53.7 Å². The van der Waals surface area contributed by atoms with Gasteiger partial charge in [-0.15, -0.1) is 0 Å². The van der Waals surface area contributed by atoms with Crippen LogP contribution in [-0.4, -0.2) is 17.9 Å². The van der Waals surface area contributed by atoms with Crippen LogP contribution in [0.15, 0.2) is 42.6 Å². The molecular formula is C14H14N4O. The third kappa shape index (κ3) is 1.89. The third-order valence-electron chi connectivity index (χ3n) is 3.27. The first kappa shape index (κ1) is 11.5. The molecular weight excluding hydrogens is 240 g/mol. The van der Waals surface area contributed by atoms with Crippen LogP contribution in [0.3, 0.4) is 0 Å². The summed E-state index contributed by atoms with van der Waals surface area (Å²) in [5, 5.41) is 2.96. The number of rotatable bonds is 1. The van der Waals surface area contributed by atoms with Crippen molar-refractivity contribution in [3.63, 3.8) is 0 Å². The highest BCUT2D eigenvalue weighted by Crippen LogP contribution is 2.29. The highest BCUT2D eigenvalue weighted by molar-refractivity contribution is 6.01. The molecule has 5 heteroatoms. The molecule has 2 heterocycles. The minimum atomic E-state index is -0.226. The lowest BCUT2D eigenvalue weighted by Gasteiger charge is -2.35. The Morgan fingerprint density at radius 2 is 2.00 bits per heavy atom. The van der Waals surface area contributed by atoms with E-state index in [2.05, 4.69) is 10.3 Å². The molecule has 0 fully saturated rings. The van der Waals surface area contributed by atoms with Gasteiger partial charge in [-0.2, -0.15) is 0 Å². The standard InChI is InChI=1S/C14H14N4O/c1-18-12(9-4-6-10(15)7-5-9)17-14(19)11-3-2-8-16-13(11)18/h2-8,12H,15H2,1H3,(H,17,19)/t12-/m1/s1. The van der Waals surface area contributed by atoms with Crippen LogP contribution < -0.4 is 16.0 Å². The van der Waals surface area contributed by atoms with Crippen LogP contribution in [0.5, 0.6) is 0 Å². The van der Waals surface area contributed by atoms with Gasteiger partial charge in [0.25, 0.3) is 5.91 Å². The van der Waals surface area contributed by atoms with Crippen molar-refractivity contribution in [1.29, 1.82) is 0 Å². The van der Waals surface area contributed by atoms with Gasteiger partial charge in [-0.25, -0.2) is 4.98 Å². The third-order valence-corrected chi connectivity index (χ3v) is 3.27. The van der Waals surface area contributed by atoms with Crippen molar-refractivity contribution in [1.82, 2.24) is 10.3 Å². The number of benzene rings is 1. The lowest BCUT2D eigenvalue weighted by molar-refractivity contribution is 0.0927. The van der Waals surface area contributed by atoms with E-state index in [9.17, 15) is 4.79 Å². The summed E-state index contributed by atoms with van der Waals surface area (Å²) in [4.78, 5) is 18.3. The second-order valence-electron chi connectivity index (χ2n) is 4.53. The molecule has 0 saturated carbocycles. The van der Waals surface area contributed by atoms with E-state index in [0.29, 0.717) is 17.1 Å². The second-order valence-corrected chi connectivity index (χ2v) is 4.53. The zero-order valence-electron chi connectivity index (χ0n) is 10.5. The monoisotopic (exact) mass is 254 g/mol. The van der Waals surface area contributed by atoms with Crippen LogP contribution >= 0.6 is 0 Å². The average Bonchev–Trinajstić information content (AvgIpc) is 2.44.